The van der Waals surface area contributed by atoms with E-state index in [1.165, 1.54) is 0 Å². The Morgan fingerprint density at radius 1 is 1.12 bits per heavy atom. The summed E-state index contributed by atoms with van der Waals surface area (Å²) in [4.78, 5) is 32.2. The number of imide groups is 1. The summed E-state index contributed by atoms with van der Waals surface area (Å²) in [6.45, 7) is 0. The third-order valence-electron chi connectivity index (χ3n) is 2.94. The first-order valence-corrected chi connectivity index (χ1v) is 6.01. The molecule has 0 aromatic heterocycles. The first-order chi connectivity index (χ1) is 7.74. The highest BCUT2D eigenvalue weighted by Gasteiger charge is 2.29. The molecule has 0 spiro atoms. The normalized spacial score (nSPS) is 19.9. The van der Waals surface area contributed by atoms with Crippen molar-refractivity contribution < 1.29 is 14.4 Å². The van der Waals surface area contributed by atoms with Crippen molar-refractivity contribution in [1.82, 2.24) is 5.32 Å². The van der Waals surface area contributed by atoms with E-state index < -0.39 is 0 Å². The van der Waals surface area contributed by atoms with Gasteiger partial charge in [0.2, 0.25) is 11.8 Å². The van der Waals surface area contributed by atoms with E-state index in [2.05, 4.69) is 5.32 Å². The van der Waals surface area contributed by atoms with E-state index in [-0.39, 0.29) is 17.7 Å². The molecule has 16 heavy (non-hydrogen) atoms. The number of hydrogen-bond acceptors (Lipinski definition) is 3. The Balaban J connectivity index is 1.97. The van der Waals surface area contributed by atoms with Gasteiger partial charge in [0, 0.05) is 18.8 Å². The van der Waals surface area contributed by atoms with Gasteiger partial charge in [0.15, 0.2) is 0 Å². The molecule has 4 heteroatoms. The van der Waals surface area contributed by atoms with Crippen LogP contribution in [0.25, 0.3) is 0 Å². The second kappa shape index (κ2) is 7.14. The van der Waals surface area contributed by atoms with Crippen LogP contribution in [-0.4, -0.2) is 18.1 Å². The molecule has 2 amide bonds. The zero-order valence-corrected chi connectivity index (χ0v) is 9.54. The molecule has 0 radical (unpaired) electrons. The molecule has 1 N–H and O–H groups in total. The van der Waals surface area contributed by atoms with E-state index in [1.54, 1.807) is 0 Å². The summed E-state index contributed by atoms with van der Waals surface area (Å²) in [5, 5.41) is 2.32. The van der Waals surface area contributed by atoms with Crippen LogP contribution in [0.2, 0.25) is 0 Å². The molecule has 1 aliphatic rings. The number of unbranched alkanes of at least 4 members (excludes halogenated alkanes) is 5. The van der Waals surface area contributed by atoms with Gasteiger partial charge in [-0.2, -0.15) is 0 Å². The van der Waals surface area contributed by atoms with E-state index in [1.807, 2.05) is 0 Å². The van der Waals surface area contributed by atoms with E-state index >= 15 is 0 Å². The van der Waals surface area contributed by atoms with Crippen molar-refractivity contribution in [2.45, 2.75) is 51.4 Å². The standard InChI is InChI=1S/C12H19NO3/c14-8-6-4-2-1-3-5-7-10-9-11(15)13-12(10)16/h8,10H,1-7,9H2,(H,13,15,16). The van der Waals surface area contributed by atoms with Crippen LogP contribution < -0.4 is 5.32 Å². The molecule has 4 nitrogen and oxygen atoms in total. The molecular formula is C12H19NO3. The number of hydrogen-bond donors (Lipinski definition) is 1. The molecule has 1 rings (SSSR count). The Morgan fingerprint density at radius 2 is 1.81 bits per heavy atom. The average molecular weight is 225 g/mol. The quantitative estimate of drug-likeness (QED) is 0.387. The zero-order valence-electron chi connectivity index (χ0n) is 9.54. The van der Waals surface area contributed by atoms with Gasteiger partial charge in [0.1, 0.15) is 6.29 Å². The van der Waals surface area contributed by atoms with Gasteiger partial charge in [-0.25, -0.2) is 0 Å². The lowest BCUT2D eigenvalue weighted by Gasteiger charge is -2.04. The summed E-state index contributed by atoms with van der Waals surface area (Å²) >= 11 is 0. The topological polar surface area (TPSA) is 63.2 Å². The smallest absolute Gasteiger partial charge is 0.230 e. The summed E-state index contributed by atoms with van der Waals surface area (Å²) in [6, 6.07) is 0. The second-order valence-corrected chi connectivity index (χ2v) is 4.33. The molecule has 1 unspecified atom stereocenters. The van der Waals surface area contributed by atoms with Gasteiger partial charge in [-0.3, -0.25) is 14.9 Å². The lowest BCUT2D eigenvalue weighted by molar-refractivity contribution is -0.125. The number of rotatable bonds is 8. The van der Waals surface area contributed by atoms with Crippen LogP contribution in [-0.2, 0) is 14.4 Å². The van der Waals surface area contributed by atoms with E-state index in [0.29, 0.717) is 12.8 Å². The lowest BCUT2D eigenvalue weighted by atomic mass is 9.99. The Kier molecular flexibility index (Phi) is 5.75. The molecular weight excluding hydrogens is 206 g/mol. The number of carbonyl (C=O) groups is 3. The highest BCUT2D eigenvalue weighted by Crippen LogP contribution is 2.19. The van der Waals surface area contributed by atoms with Crippen molar-refractivity contribution >= 4 is 18.1 Å². The Labute approximate surface area is 95.8 Å². The minimum absolute atomic E-state index is 0.0949. The maximum atomic E-state index is 11.2. The predicted molar refractivity (Wildman–Crippen MR) is 59.6 cm³/mol. The summed E-state index contributed by atoms with van der Waals surface area (Å²) < 4.78 is 0. The minimum atomic E-state index is -0.138. The van der Waals surface area contributed by atoms with Crippen LogP contribution in [0.5, 0.6) is 0 Å². The average Bonchev–Trinajstić information content (AvgIpc) is 2.56. The van der Waals surface area contributed by atoms with Gasteiger partial charge < -0.3 is 4.79 Å². The van der Waals surface area contributed by atoms with Crippen molar-refractivity contribution in [1.29, 1.82) is 0 Å². The third kappa shape index (κ3) is 4.55. The van der Waals surface area contributed by atoms with Gasteiger partial charge in [-0.1, -0.05) is 25.7 Å². The Hall–Kier alpha value is -1.19. The third-order valence-corrected chi connectivity index (χ3v) is 2.94. The maximum absolute atomic E-state index is 11.2. The van der Waals surface area contributed by atoms with Crippen molar-refractivity contribution in [3.05, 3.63) is 0 Å². The maximum Gasteiger partial charge on any atom is 0.230 e. The van der Waals surface area contributed by atoms with E-state index in [9.17, 15) is 14.4 Å². The van der Waals surface area contributed by atoms with Crippen LogP contribution in [0, 0.1) is 5.92 Å². The molecule has 90 valence electrons. The Bertz CT molecular complexity index is 263. The molecule has 0 aliphatic carbocycles. The zero-order chi connectivity index (χ0) is 11.8. The van der Waals surface area contributed by atoms with Gasteiger partial charge in [-0.05, 0) is 12.8 Å². The number of amides is 2. The highest BCUT2D eigenvalue weighted by atomic mass is 16.2. The first kappa shape index (κ1) is 12.9. The van der Waals surface area contributed by atoms with E-state index in [4.69, 9.17) is 0 Å². The molecule has 0 aromatic rings. The molecule has 1 saturated heterocycles. The van der Waals surface area contributed by atoms with Crippen LogP contribution in [0.1, 0.15) is 51.4 Å². The van der Waals surface area contributed by atoms with Crippen LogP contribution >= 0.6 is 0 Å². The summed E-state index contributed by atoms with van der Waals surface area (Å²) in [7, 11) is 0. The SMILES string of the molecule is O=CCCCCCCCC1CC(=O)NC1=O. The summed E-state index contributed by atoms with van der Waals surface area (Å²) in [5.74, 6) is -0.339. The van der Waals surface area contributed by atoms with Crippen LogP contribution in [0.4, 0.5) is 0 Å². The number of carbonyl (C=O) groups excluding carboxylic acids is 3. The fraction of sp³-hybridized carbons (Fsp3) is 0.750. The number of aldehydes is 1. The largest absolute Gasteiger partial charge is 0.303 e. The predicted octanol–water partition coefficient (Wildman–Crippen LogP) is 1.58. The monoisotopic (exact) mass is 225 g/mol. The Morgan fingerprint density at radius 3 is 2.44 bits per heavy atom. The van der Waals surface area contributed by atoms with Gasteiger partial charge >= 0.3 is 0 Å². The fourth-order valence-electron chi connectivity index (χ4n) is 1.99. The van der Waals surface area contributed by atoms with Gasteiger partial charge in [-0.15, -0.1) is 0 Å². The van der Waals surface area contributed by atoms with E-state index in [0.717, 1.165) is 44.8 Å². The van der Waals surface area contributed by atoms with Crippen molar-refractivity contribution in [3.8, 4) is 0 Å². The highest BCUT2D eigenvalue weighted by molar-refractivity contribution is 6.03. The van der Waals surface area contributed by atoms with Crippen molar-refractivity contribution in [3.63, 3.8) is 0 Å². The molecule has 1 heterocycles. The van der Waals surface area contributed by atoms with Gasteiger partial charge in [0.25, 0.3) is 0 Å². The molecule has 0 bridgehead atoms. The minimum Gasteiger partial charge on any atom is -0.303 e. The van der Waals surface area contributed by atoms with Crippen molar-refractivity contribution in [2.75, 3.05) is 0 Å². The fourth-order valence-corrected chi connectivity index (χ4v) is 1.99. The first-order valence-electron chi connectivity index (χ1n) is 6.01. The molecule has 1 atom stereocenters. The summed E-state index contributed by atoms with van der Waals surface area (Å²) in [5.41, 5.74) is 0. The van der Waals surface area contributed by atoms with Crippen LogP contribution in [0.15, 0.2) is 0 Å². The second-order valence-electron chi connectivity index (χ2n) is 4.33. The van der Waals surface area contributed by atoms with Crippen LogP contribution in [0.3, 0.4) is 0 Å². The molecule has 1 aliphatic heterocycles. The number of nitrogens with one attached hydrogen (secondary N) is 1. The molecule has 0 aromatic carbocycles. The molecule has 1 fully saturated rings. The molecule has 0 saturated carbocycles. The lowest BCUT2D eigenvalue weighted by Crippen LogP contribution is -2.21. The van der Waals surface area contributed by atoms with Crippen molar-refractivity contribution in [2.24, 2.45) is 5.92 Å². The van der Waals surface area contributed by atoms with Gasteiger partial charge in [0.05, 0.1) is 0 Å². The summed E-state index contributed by atoms with van der Waals surface area (Å²) in [6.07, 6.45) is 8.00.